The molecule has 6 nitrogen and oxygen atoms in total. The summed E-state index contributed by atoms with van der Waals surface area (Å²) in [4.78, 5) is 21.4. The topological polar surface area (TPSA) is 81.5 Å². The molecule has 8 heteroatoms. The number of hydrogen-bond donors (Lipinski definition) is 1. The minimum absolute atomic E-state index is 0.0906. The molecule has 1 aromatic carbocycles. The van der Waals surface area contributed by atoms with Crippen LogP contribution in [-0.4, -0.2) is 35.9 Å². The number of nitro benzene ring substituents is 1. The molecule has 0 spiro atoms. The van der Waals surface area contributed by atoms with Gasteiger partial charge in [-0.15, -0.1) is 0 Å². The third-order valence-electron chi connectivity index (χ3n) is 2.11. The van der Waals surface area contributed by atoms with Gasteiger partial charge in [-0.05, 0) is 6.07 Å². The molecule has 0 saturated heterocycles. The molecule has 0 unspecified atom stereocenters. The maximum absolute atomic E-state index is 13.1. The van der Waals surface area contributed by atoms with Crippen LogP contribution in [0, 0.1) is 15.9 Å². The smallest absolute Gasteiger partial charge is 0.273 e. The average Bonchev–Trinajstić information content (AvgIpc) is 2.37. The summed E-state index contributed by atoms with van der Waals surface area (Å²) in [6.45, 7) is 1.08. The van der Waals surface area contributed by atoms with Gasteiger partial charge in [0.25, 0.3) is 11.6 Å². The van der Waals surface area contributed by atoms with E-state index >= 15 is 0 Å². The Bertz CT molecular complexity index is 470. The Kier molecular flexibility index (Phi) is 6.37. The lowest BCUT2D eigenvalue weighted by Gasteiger charge is -2.05. The SMILES string of the molecule is O=C(NCCOCCBr)c1cc(F)cc([N+](=O)[O-])c1. The Morgan fingerprint density at radius 2 is 2.16 bits per heavy atom. The van der Waals surface area contributed by atoms with Crippen molar-refractivity contribution in [3.63, 3.8) is 0 Å². The summed E-state index contributed by atoms with van der Waals surface area (Å²) in [6.07, 6.45) is 0. The summed E-state index contributed by atoms with van der Waals surface area (Å²) in [5, 5.41) is 13.7. The van der Waals surface area contributed by atoms with Gasteiger partial charge in [0.1, 0.15) is 5.82 Å². The molecule has 1 rings (SSSR count). The summed E-state index contributed by atoms with van der Waals surface area (Å²) in [6, 6.07) is 2.73. The molecule has 0 aliphatic carbocycles. The number of nitro groups is 1. The molecule has 0 heterocycles. The first-order valence-electron chi connectivity index (χ1n) is 5.41. The van der Waals surface area contributed by atoms with Gasteiger partial charge in [0.2, 0.25) is 0 Å². The summed E-state index contributed by atoms with van der Waals surface area (Å²) < 4.78 is 18.2. The molecular formula is C11H12BrFN2O4. The normalized spacial score (nSPS) is 10.2. The first-order valence-corrected chi connectivity index (χ1v) is 6.53. The van der Waals surface area contributed by atoms with E-state index in [1.807, 2.05) is 0 Å². The number of carbonyl (C=O) groups excluding carboxylic acids is 1. The van der Waals surface area contributed by atoms with Crippen molar-refractivity contribution >= 4 is 27.5 Å². The second kappa shape index (κ2) is 7.80. The van der Waals surface area contributed by atoms with Gasteiger partial charge in [0, 0.05) is 23.5 Å². The van der Waals surface area contributed by atoms with Crippen LogP contribution < -0.4 is 5.32 Å². The number of alkyl halides is 1. The van der Waals surface area contributed by atoms with Crippen molar-refractivity contribution in [1.29, 1.82) is 0 Å². The Hall–Kier alpha value is -1.54. The summed E-state index contributed by atoms with van der Waals surface area (Å²) >= 11 is 3.18. The number of hydrogen-bond acceptors (Lipinski definition) is 4. The molecule has 1 N–H and O–H groups in total. The van der Waals surface area contributed by atoms with E-state index < -0.39 is 22.3 Å². The standard InChI is InChI=1S/C11H12BrFN2O4/c12-1-3-19-4-2-14-11(16)8-5-9(13)7-10(6-8)15(17)18/h5-7H,1-4H2,(H,14,16). The maximum Gasteiger partial charge on any atom is 0.273 e. The first kappa shape index (κ1) is 15.5. The van der Waals surface area contributed by atoms with Crippen LogP contribution >= 0.6 is 15.9 Å². The number of carbonyl (C=O) groups is 1. The number of benzene rings is 1. The predicted molar refractivity (Wildman–Crippen MR) is 70.0 cm³/mol. The largest absolute Gasteiger partial charge is 0.379 e. The zero-order valence-electron chi connectivity index (χ0n) is 9.90. The molecule has 0 fully saturated rings. The fourth-order valence-corrected chi connectivity index (χ4v) is 1.53. The summed E-state index contributed by atoms with van der Waals surface area (Å²) in [5.74, 6) is -1.40. The van der Waals surface area contributed by atoms with E-state index in [0.29, 0.717) is 18.5 Å². The second-order valence-corrected chi connectivity index (χ2v) is 4.31. The number of non-ortho nitro benzene ring substituents is 1. The molecule has 0 atom stereocenters. The second-order valence-electron chi connectivity index (χ2n) is 3.51. The fourth-order valence-electron chi connectivity index (χ4n) is 1.31. The highest BCUT2D eigenvalue weighted by Crippen LogP contribution is 2.16. The number of halogens is 2. The molecule has 0 aliphatic heterocycles. The third kappa shape index (κ3) is 5.31. The quantitative estimate of drug-likeness (QED) is 0.357. The molecule has 0 saturated carbocycles. The van der Waals surface area contributed by atoms with Crippen LogP contribution in [0.4, 0.5) is 10.1 Å². The molecule has 0 aromatic heterocycles. The van der Waals surface area contributed by atoms with Gasteiger partial charge in [-0.3, -0.25) is 14.9 Å². The minimum Gasteiger partial charge on any atom is -0.379 e. The highest BCUT2D eigenvalue weighted by Gasteiger charge is 2.14. The molecule has 19 heavy (non-hydrogen) atoms. The van der Waals surface area contributed by atoms with Crippen LogP contribution in [0.5, 0.6) is 0 Å². The molecular weight excluding hydrogens is 323 g/mol. The highest BCUT2D eigenvalue weighted by atomic mass is 79.9. The number of nitrogens with zero attached hydrogens (tertiary/aromatic N) is 1. The summed E-state index contributed by atoms with van der Waals surface area (Å²) in [7, 11) is 0. The van der Waals surface area contributed by atoms with Gasteiger partial charge in [-0.25, -0.2) is 4.39 Å². The highest BCUT2D eigenvalue weighted by molar-refractivity contribution is 9.09. The van der Waals surface area contributed by atoms with Crippen LogP contribution in [0.3, 0.4) is 0 Å². The fraction of sp³-hybridized carbons (Fsp3) is 0.364. The van der Waals surface area contributed by atoms with E-state index in [1.165, 1.54) is 0 Å². The molecule has 104 valence electrons. The Balaban J connectivity index is 2.59. The van der Waals surface area contributed by atoms with Crippen LogP contribution in [0.1, 0.15) is 10.4 Å². The number of nitrogens with one attached hydrogen (secondary N) is 1. The molecule has 0 bridgehead atoms. The van der Waals surface area contributed by atoms with Gasteiger partial charge in [-0.2, -0.15) is 0 Å². The van der Waals surface area contributed by atoms with Crippen molar-refractivity contribution in [2.75, 3.05) is 25.1 Å². The summed E-state index contributed by atoms with van der Waals surface area (Å²) in [5.41, 5.74) is -0.548. The van der Waals surface area contributed by atoms with Crippen molar-refractivity contribution in [2.45, 2.75) is 0 Å². The zero-order chi connectivity index (χ0) is 14.3. The molecule has 0 aliphatic rings. The molecule has 1 amide bonds. The third-order valence-corrected chi connectivity index (χ3v) is 2.43. The molecule has 1 aromatic rings. The Labute approximate surface area is 117 Å². The van der Waals surface area contributed by atoms with Gasteiger partial charge in [-0.1, -0.05) is 15.9 Å². The lowest BCUT2D eigenvalue weighted by atomic mass is 10.2. The van der Waals surface area contributed by atoms with Crippen LogP contribution in [0.15, 0.2) is 18.2 Å². The van der Waals surface area contributed by atoms with E-state index in [4.69, 9.17) is 4.74 Å². The van der Waals surface area contributed by atoms with Crippen LogP contribution in [0.25, 0.3) is 0 Å². The predicted octanol–water partition coefficient (Wildman–Crippen LogP) is 1.88. The van der Waals surface area contributed by atoms with E-state index in [9.17, 15) is 19.3 Å². The van der Waals surface area contributed by atoms with Crippen molar-refractivity contribution in [1.82, 2.24) is 5.32 Å². The van der Waals surface area contributed by atoms with Crippen molar-refractivity contribution in [3.05, 3.63) is 39.7 Å². The van der Waals surface area contributed by atoms with Crippen LogP contribution in [0.2, 0.25) is 0 Å². The van der Waals surface area contributed by atoms with Crippen molar-refractivity contribution < 1.29 is 18.8 Å². The molecule has 0 radical (unpaired) electrons. The van der Waals surface area contributed by atoms with E-state index in [-0.39, 0.29) is 12.1 Å². The van der Waals surface area contributed by atoms with Crippen molar-refractivity contribution in [3.8, 4) is 0 Å². The monoisotopic (exact) mass is 334 g/mol. The van der Waals surface area contributed by atoms with Gasteiger partial charge in [0.15, 0.2) is 0 Å². The number of amides is 1. The first-order chi connectivity index (χ1) is 9.04. The van der Waals surface area contributed by atoms with E-state index in [0.717, 1.165) is 18.2 Å². The van der Waals surface area contributed by atoms with Gasteiger partial charge < -0.3 is 10.1 Å². The maximum atomic E-state index is 13.1. The Morgan fingerprint density at radius 3 is 2.79 bits per heavy atom. The lowest BCUT2D eigenvalue weighted by molar-refractivity contribution is -0.385. The van der Waals surface area contributed by atoms with Gasteiger partial charge >= 0.3 is 0 Å². The van der Waals surface area contributed by atoms with E-state index in [2.05, 4.69) is 21.2 Å². The van der Waals surface area contributed by atoms with Crippen molar-refractivity contribution in [2.24, 2.45) is 0 Å². The average molecular weight is 335 g/mol. The van der Waals surface area contributed by atoms with Crippen LogP contribution in [-0.2, 0) is 4.74 Å². The minimum atomic E-state index is -0.824. The number of ether oxygens (including phenoxy) is 1. The number of rotatable bonds is 7. The van der Waals surface area contributed by atoms with E-state index in [1.54, 1.807) is 0 Å². The van der Waals surface area contributed by atoms with Gasteiger partial charge in [0.05, 0.1) is 24.2 Å². The lowest BCUT2D eigenvalue weighted by Crippen LogP contribution is -2.27. The zero-order valence-corrected chi connectivity index (χ0v) is 11.5. The Morgan fingerprint density at radius 1 is 1.42 bits per heavy atom.